The number of esters is 1. The summed E-state index contributed by atoms with van der Waals surface area (Å²) in [6.45, 7) is 0.701. The van der Waals surface area contributed by atoms with Crippen LogP contribution in [0.3, 0.4) is 0 Å². The number of pyridine rings is 2. The van der Waals surface area contributed by atoms with Crippen molar-refractivity contribution in [2.24, 2.45) is 0 Å². The Labute approximate surface area is 336 Å². The number of anilines is 6. The van der Waals surface area contributed by atoms with Gasteiger partial charge in [-0.15, -0.1) is 0 Å². The number of nitrogen functional groups attached to an aromatic ring is 2. The Morgan fingerprint density at radius 1 is 0.559 bits per heavy atom. The molecule has 0 fully saturated rings. The summed E-state index contributed by atoms with van der Waals surface area (Å²) in [4.78, 5) is 46.8. The zero-order valence-corrected chi connectivity index (χ0v) is 31.4. The van der Waals surface area contributed by atoms with Crippen molar-refractivity contribution in [2.75, 3.05) is 29.2 Å². The molecule has 294 valence electrons. The number of benzene rings is 4. The third kappa shape index (κ3) is 9.71. The van der Waals surface area contributed by atoms with Gasteiger partial charge in [0.15, 0.2) is 11.4 Å². The molecule has 59 heavy (non-hydrogen) atoms. The molecule has 0 saturated carbocycles. The Bertz CT molecular complexity index is 2750. The molecule has 4 heterocycles. The van der Waals surface area contributed by atoms with Crippen molar-refractivity contribution in [2.45, 2.75) is 13.2 Å². The first-order valence-electron chi connectivity index (χ1n) is 17.9. The van der Waals surface area contributed by atoms with Crippen molar-refractivity contribution in [1.82, 2.24) is 29.9 Å². The Balaban J connectivity index is 0.000000179. The number of ether oxygens (including phenoxy) is 3. The van der Waals surface area contributed by atoms with Crippen molar-refractivity contribution in [3.05, 3.63) is 157 Å². The van der Waals surface area contributed by atoms with Gasteiger partial charge in [0.2, 0.25) is 0 Å². The molecule has 0 aliphatic carbocycles. The number of hydrogen-bond donors (Lipinski definition) is 5. The predicted octanol–water partition coefficient (Wildman–Crippen LogP) is 7.34. The van der Waals surface area contributed by atoms with E-state index >= 15 is 0 Å². The van der Waals surface area contributed by atoms with Gasteiger partial charge in [0, 0.05) is 45.3 Å². The average Bonchev–Trinajstić information content (AvgIpc) is 3.27. The zero-order valence-electron chi connectivity index (χ0n) is 31.4. The van der Waals surface area contributed by atoms with E-state index in [1.807, 2.05) is 97.1 Å². The van der Waals surface area contributed by atoms with Crippen LogP contribution in [0.2, 0.25) is 0 Å². The maximum Gasteiger partial charge on any atom is 0.358 e. The molecule has 16 nitrogen and oxygen atoms in total. The van der Waals surface area contributed by atoms with Crippen molar-refractivity contribution in [3.63, 3.8) is 0 Å². The van der Waals surface area contributed by atoms with Gasteiger partial charge in [0.05, 0.1) is 31.9 Å². The van der Waals surface area contributed by atoms with Gasteiger partial charge in [0.1, 0.15) is 48.0 Å². The number of carbonyl (C=O) groups excluding carboxylic acids is 1. The fraction of sp³-hybridized carbons (Fsp3) is 0.0698. The van der Waals surface area contributed by atoms with Crippen molar-refractivity contribution in [3.8, 4) is 11.5 Å². The van der Waals surface area contributed by atoms with Gasteiger partial charge in [-0.3, -0.25) is 0 Å². The van der Waals surface area contributed by atoms with Crippen LogP contribution in [0, 0.1) is 0 Å². The number of carboxylic acids is 1. The van der Waals surface area contributed by atoms with Crippen LogP contribution in [0.5, 0.6) is 11.5 Å². The first kappa shape index (κ1) is 38.9. The molecule has 0 amide bonds. The molecule has 0 unspecified atom stereocenters. The average molecular weight is 789 g/mol. The number of aromatic carboxylic acids is 1. The maximum atomic E-state index is 11.4. The van der Waals surface area contributed by atoms with Crippen molar-refractivity contribution < 1.29 is 28.9 Å². The second kappa shape index (κ2) is 18.0. The van der Waals surface area contributed by atoms with Gasteiger partial charge >= 0.3 is 11.9 Å². The highest BCUT2D eigenvalue weighted by molar-refractivity contribution is 5.98. The molecule has 0 bridgehead atoms. The SMILES string of the molecule is COC(=O)c1cnc(Nc2cc(COc3ccc(N)c4ccccc34)ccn2)cn1.Nc1ccc(OCc2ccnc(Nc3cnc(C(=O)O)cn3)c2)c2ccccc12. The Morgan fingerprint density at radius 3 is 1.44 bits per heavy atom. The monoisotopic (exact) mass is 788 g/mol. The largest absolute Gasteiger partial charge is 0.488 e. The number of nitrogens with two attached hydrogens (primary N) is 2. The summed E-state index contributed by atoms with van der Waals surface area (Å²) in [5.41, 5.74) is 15.3. The number of fused-ring (bicyclic) bond motifs is 2. The number of carbonyl (C=O) groups is 2. The van der Waals surface area contributed by atoms with Crippen LogP contribution in [0.4, 0.5) is 34.6 Å². The van der Waals surface area contributed by atoms with Crippen molar-refractivity contribution in [1.29, 1.82) is 0 Å². The molecule has 4 aromatic heterocycles. The lowest BCUT2D eigenvalue weighted by Gasteiger charge is -2.12. The number of aromatic nitrogens is 6. The molecule has 0 radical (unpaired) electrons. The van der Waals surface area contributed by atoms with E-state index < -0.39 is 11.9 Å². The minimum Gasteiger partial charge on any atom is -0.488 e. The number of hydrogen-bond acceptors (Lipinski definition) is 15. The second-order valence-electron chi connectivity index (χ2n) is 12.7. The first-order chi connectivity index (χ1) is 28.7. The van der Waals surface area contributed by atoms with Crippen molar-refractivity contribution >= 4 is 68.1 Å². The predicted molar refractivity (Wildman–Crippen MR) is 223 cm³/mol. The number of nitrogens with zero attached hydrogens (tertiary/aromatic N) is 6. The van der Waals surface area contributed by atoms with Crippen LogP contribution < -0.4 is 31.6 Å². The van der Waals surface area contributed by atoms with Crippen LogP contribution in [-0.2, 0) is 18.0 Å². The fourth-order valence-electron chi connectivity index (χ4n) is 5.80. The highest BCUT2D eigenvalue weighted by Crippen LogP contribution is 2.32. The smallest absolute Gasteiger partial charge is 0.358 e. The van der Waals surface area contributed by atoms with Crippen LogP contribution in [0.15, 0.2) is 134 Å². The lowest BCUT2D eigenvalue weighted by molar-refractivity contribution is 0.0592. The summed E-state index contributed by atoms with van der Waals surface area (Å²) in [6.07, 6.45) is 8.64. The van der Waals surface area contributed by atoms with E-state index in [4.69, 9.17) is 26.0 Å². The highest BCUT2D eigenvalue weighted by Gasteiger charge is 2.11. The van der Waals surface area contributed by atoms with E-state index in [2.05, 4.69) is 45.3 Å². The van der Waals surface area contributed by atoms with Crippen LogP contribution in [0.25, 0.3) is 21.5 Å². The molecule has 7 N–H and O–H groups in total. The molecule has 0 spiro atoms. The maximum absolute atomic E-state index is 11.4. The molecule has 16 heteroatoms. The van der Waals surface area contributed by atoms with E-state index in [0.717, 1.165) is 44.2 Å². The quantitative estimate of drug-likeness (QED) is 0.0601. The third-order valence-electron chi connectivity index (χ3n) is 8.70. The molecule has 8 rings (SSSR count). The number of methoxy groups -OCH3 is 1. The van der Waals surface area contributed by atoms with Gasteiger partial charge in [-0.2, -0.15) is 0 Å². The summed E-state index contributed by atoms with van der Waals surface area (Å²) in [5, 5.41) is 18.8. The molecular weight excluding hydrogens is 753 g/mol. The van der Waals surface area contributed by atoms with Gasteiger partial charge < -0.3 is 41.4 Å². The number of rotatable bonds is 12. The van der Waals surface area contributed by atoms with Crippen LogP contribution in [0.1, 0.15) is 32.1 Å². The summed E-state index contributed by atoms with van der Waals surface area (Å²) in [5.74, 6) is 1.82. The zero-order chi connectivity index (χ0) is 41.1. The van der Waals surface area contributed by atoms with Gasteiger partial charge in [0.25, 0.3) is 0 Å². The molecule has 0 atom stereocenters. The highest BCUT2D eigenvalue weighted by atomic mass is 16.5. The Morgan fingerprint density at radius 2 is 1.02 bits per heavy atom. The summed E-state index contributed by atoms with van der Waals surface area (Å²) in [7, 11) is 1.29. The van der Waals surface area contributed by atoms with E-state index in [1.54, 1.807) is 12.4 Å². The normalized spacial score (nSPS) is 10.6. The van der Waals surface area contributed by atoms with Gasteiger partial charge in [-0.05, 0) is 59.7 Å². The van der Waals surface area contributed by atoms with Crippen LogP contribution in [-0.4, -0.2) is 54.1 Å². The molecule has 0 saturated heterocycles. The molecule has 0 aliphatic rings. The van der Waals surface area contributed by atoms with E-state index in [9.17, 15) is 9.59 Å². The minimum atomic E-state index is -1.13. The minimum absolute atomic E-state index is 0.124. The van der Waals surface area contributed by atoms with E-state index in [1.165, 1.54) is 31.9 Å². The number of carboxylic acid groups (broad SMARTS) is 1. The Kier molecular flexibility index (Phi) is 11.9. The lowest BCUT2D eigenvalue weighted by atomic mass is 10.1. The van der Waals surface area contributed by atoms with E-state index in [-0.39, 0.29) is 11.4 Å². The van der Waals surface area contributed by atoms with Gasteiger partial charge in [-0.25, -0.2) is 39.5 Å². The van der Waals surface area contributed by atoms with Gasteiger partial charge in [-0.1, -0.05) is 48.5 Å². The molecule has 4 aromatic carbocycles. The first-order valence-corrected chi connectivity index (χ1v) is 17.9. The van der Waals surface area contributed by atoms with E-state index in [0.29, 0.717) is 47.9 Å². The summed E-state index contributed by atoms with van der Waals surface area (Å²) < 4.78 is 16.6. The fourth-order valence-corrected chi connectivity index (χ4v) is 5.80. The molecule has 8 aromatic rings. The molecular formula is C43H36N10O6. The van der Waals surface area contributed by atoms with Crippen LogP contribution >= 0.6 is 0 Å². The Hall–Kier alpha value is -8.40. The standard InChI is InChI=1S/C22H19N5O3.C21H17N5O3/c1-29-22(28)18-11-26-21(12-25-18)27-20-10-14(8-9-24-20)13-30-19-7-6-17(23)15-4-2-3-5-16(15)19;22-16-5-6-18(15-4-2-1-3-14(15)16)29-12-13-7-8-23-19(9-13)26-20-11-24-17(10-25-20)21(27)28/h2-12H,13,23H2,1H3,(H,24,26,27);1-11H,12,22H2,(H,27,28)(H,23,25,26). The number of nitrogens with one attached hydrogen (secondary N) is 2. The second-order valence-corrected chi connectivity index (χ2v) is 12.7. The third-order valence-corrected chi connectivity index (χ3v) is 8.70. The lowest BCUT2D eigenvalue weighted by Crippen LogP contribution is -2.06. The molecule has 0 aliphatic heterocycles. The summed E-state index contributed by atoms with van der Waals surface area (Å²) in [6, 6.07) is 30.5. The topological polar surface area (TPSA) is 236 Å². The summed E-state index contributed by atoms with van der Waals surface area (Å²) >= 11 is 0.